The molecule has 1 saturated carbocycles. The van der Waals surface area contributed by atoms with Gasteiger partial charge in [-0.1, -0.05) is 13.0 Å². The molecule has 150 valence electrons. The summed E-state index contributed by atoms with van der Waals surface area (Å²) in [7, 11) is 0. The summed E-state index contributed by atoms with van der Waals surface area (Å²) in [5, 5.41) is 23.8. The van der Waals surface area contributed by atoms with Gasteiger partial charge in [-0.25, -0.2) is 9.48 Å². The molecule has 0 bridgehead atoms. The minimum absolute atomic E-state index is 0.0328. The van der Waals surface area contributed by atoms with E-state index in [1.165, 1.54) is 27.9 Å². The maximum atomic E-state index is 13.3. The maximum absolute atomic E-state index is 13.3. The Hall–Kier alpha value is -2.83. The number of aromatic carboxylic acids is 1. The SMILES string of the molecule is CC1CCC(C(=O)N(c2nn(-c3cccc(O)c3)cc2C(=O)O)C(C)C)CC1. The van der Waals surface area contributed by atoms with E-state index >= 15 is 0 Å². The Kier molecular flexibility index (Phi) is 5.72. The van der Waals surface area contributed by atoms with Crippen molar-refractivity contribution in [1.29, 1.82) is 0 Å². The number of anilines is 1. The van der Waals surface area contributed by atoms with Crippen molar-refractivity contribution >= 4 is 17.7 Å². The molecule has 1 aliphatic rings. The Morgan fingerprint density at radius 3 is 2.46 bits per heavy atom. The average molecular weight is 385 g/mol. The first-order valence-electron chi connectivity index (χ1n) is 9.73. The number of carbonyl (C=O) groups is 2. The fraction of sp³-hybridized carbons (Fsp3) is 0.476. The zero-order chi connectivity index (χ0) is 20.4. The van der Waals surface area contributed by atoms with Crippen LogP contribution in [0.3, 0.4) is 0 Å². The highest BCUT2D eigenvalue weighted by Crippen LogP contribution is 2.32. The highest BCUT2D eigenvalue weighted by atomic mass is 16.4. The monoisotopic (exact) mass is 385 g/mol. The third kappa shape index (κ3) is 4.03. The zero-order valence-electron chi connectivity index (χ0n) is 16.5. The van der Waals surface area contributed by atoms with Crippen LogP contribution in [0.15, 0.2) is 30.5 Å². The lowest BCUT2D eigenvalue weighted by Gasteiger charge is -2.32. The number of rotatable bonds is 5. The molecule has 7 heteroatoms. The van der Waals surface area contributed by atoms with Gasteiger partial charge in [0.15, 0.2) is 5.82 Å². The van der Waals surface area contributed by atoms with Gasteiger partial charge >= 0.3 is 5.97 Å². The Balaban J connectivity index is 2.00. The number of carboxylic acids is 1. The molecule has 0 radical (unpaired) electrons. The second-order valence-electron chi connectivity index (χ2n) is 7.89. The molecule has 0 saturated heterocycles. The predicted octanol–water partition coefficient (Wildman–Crippen LogP) is 3.84. The lowest BCUT2D eigenvalue weighted by molar-refractivity contribution is -0.123. The van der Waals surface area contributed by atoms with Crippen molar-refractivity contribution in [2.75, 3.05) is 4.90 Å². The number of aromatic nitrogens is 2. The van der Waals surface area contributed by atoms with Crippen molar-refractivity contribution in [1.82, 2.24) is 9.78 Å². The number of phenols is 1. The quantitative estimate of drug-likeness (QED) is 0.815. The van der Waals surface area contributed by atoms with Crippen molar-refractivity contribution in [3.8, 4) is 11.4 Å². The predicted molar refractivity (Wildman–Crippen MR) is 106 cm³/mol. The molecule has 1 amide bonds. The van der Waals surface area contributed by atoms with E-state index in [2.05, 4.69) is 12.0 Å². The Labute approximate surface area is 164 Å². The van der Waals surface area contributed by atoms with Gasteiger partial charge in [0.05, 0.1) is 5.69 Å². The molecule has 2 N–H and O–H groups in total. The number of aromatic hydroxyl groups is 1. The number of hydrogen-bond donors (Lipinski definition) is 2. The van der Waals surface area contributed by atoms with Crippen LogP contribution in [0, 0.1) is 11.8 Å². The number of amides is 1. The summed E-state index contributed by atoms with van der Waals surface area (Å²) in [6.45, 7) is 5.92. The maximum Gasteiger partial charge on any atom is 0.341 e. The molecular formula is C21H27N3O4. The van der Waals surface area contributed by atoms with Crippen LogP contribution in [0.5, 0.6) is 5.75 Å². The Bertz CT molecular complexity index is 866. The molecule has 7 nitrogen and oxygen atoms in total. The molecule has 1 fully saturated rings. The minimum Gasteiger partial charge on any atom is -0.508 e. The number of hydrogen-bond acceptors (Lipinski definition) is 4. The first kappa shape index (κ1) is 19.9. The van der Waals surface area contributed by atoms with Gasteiger partial charge in [-0.05, 0) is 57.6 Å². The molecule has 1 heterocycles. The third-order valence-corrected chi connectivity index (χ3v) is 5.37. The number of nitrogens with zero attached hydrogens (tertiary/aromatic N) is 3. The Morgan fingerprint density at radius 2 is 1.89 bits per heavy atom. The van der Waals surface area contributed by atoms with Gasteiger partial charge in [0.1, 0.15) is 11.3 Å². The van der Waals surface area contributed by atoms with Crippen LogP contribution in [0.4, 0.5) is 5.82 Å². The van der Waals surface area contributed by atoms with Gasteiger partial charge in [0, 0.05) is 24.2 Å². The van der Waals surface area contributed by atoms with Gasteiger partial charge < -0.3 is 10.2 Å². The van der Waals surface area contributed by atoms with Crippen LogP contribution in [0.25, 0.3) is 5.69 Å². The van der Waals surface area contributed by atoms with Crippen molar-refractivity contribution in [2.45, 2.75) is 52.5 Å². The first-order valence-corrected chi connectivity index (χ1v) is 9.73. The van der Waals surface area contributed by atoms with Crippen molar-refractivity contribution < 1.29 is 19.8 Å². The van der Waals surface area contributed by atoms with E-state index in [-0.39, 0.29) is 35.0 Å². The largest absolute Gasteiger partial charge is 0.508 e. The van der Waals surface area contributed by atoms with E-state index in [0.29, 0.717) is 11.6 Å². The van der Waals surface area contributed by atoms with Gasteiger partial charge in [0.25, 0.3) is 0 Å². The van der Waals surface area contributed by atoms with Gasteiger partial charge in [-0.15, -0.1) is 5.10 Å². The van der Waals surface area contributed by atoms with Crippen LogP contribution < -0.4 is 4.90 Å². The Morgan fingerprint density at radius 1 is 1.21 bits per heavy atom. The number of phenolic OH excluding ortho intramolecular Hbond substituents is 1. The fourth-order valence-corrected chi connectivity index (χ4v) is 3.77. The molecule has 1 aromatic carbocycles. The summed E-state index contributed by atoms with van der Waals surface area (Å²) in [4.78, 5) is 26.6. The summed E-state index contributed by atoms with van der Waals surface area (Å²) in [6, 6.07) is 6.16. The first-order chi connectivity index (χ1) is 13.3. The molecule has 0 atom stereocenters. The lowest BCUT2D eigenvalue weighted by atomic mass is 9.82. The summed E-state index contributed by atoms with van der Waals surface area (Å²) >= 11 is 0. The summed E-state index contributed by atoms with van der Waals surface area (Å²) in [5.74, 6) is -0.487. The minimum atomic E-state index is -1.14. The standard InChI is InChI=1S/C21H27N3O4/c1-13(2)24(20(26)15-9-7-14(3)8-10-15)19-18(21(27)28)12-23(22-19)16-5-4-6-17(25)11-16/h4-6,11-15,25H,7-10H2,1-3H3,(H,27,28). The molecule has 0 aliphatic heterocycles. The molecule has 1 aliphatic carbocycles. The van der Waals surface area contributed by atoms with Gasteiger partial charge in [-0.3, -0.25) is 9.69 Å². The van der Waals surface area contributed by atoms with Crippen LogP contribution in [-0.4, -0.2) is 37.9 Å². The number of carbonyl (C=O) groups excluding carboxylic acids is 1. The van der Waals surface area contributed by atoms with Crippen LogP contribution in [0.1, 0.15) is 56.8 Å². The van der Waals surface area contributed by atoms with E-state index in [1.807, 2.05) is 13.8 Å². The van der Waals surface area contributed by atoms with Gasteiger partial charge in [0.2, 0.25) is 5.91 Å². The highest BCUT2D eigenvalue weighted by molar-refractivity contribution is 6.01. The topological polar surface area (TPSA) is 95.7 Å². The van der Waals surface area contributed by atoms with Gasteiger partial charge in [-0.2, -0.15) is 0 Å². The second-order valence-corrected chi connectivity index (χ2v) is 7.89. The zero-order valence-corrected chi connectivity index (χ0v) is 16.5. The average Bonchev–Trinajstić information content (AvgIpc) is 3.07. The summed E-state index contributed by atoms with van der Waals surface area (Å²) < 4.78 is 1.39. The van der Waals surface area contributed by atoms with E-state index in [1.54, 1.807) is 12.1 Å². The smallest absolute Gasteiger partial charge is 0.341 e. The molecule has 3 rings (SSSR count). The molecule has 28 heavy (non-hydrogen) atoms. The lowest BCUT2D eigenvalue weighted by Crippen LogP contribution is -2.43. The van der Waals surface area contributed by atoms with E-state index < -0.39 is 5.97 Å². The summed E-state index contributed by atoms with van der Waals surface area (Å²) in [6.07, 6.45) is 5.04. The van der Waals surface area contributed by atoms with Crippen molar-refractivity contribution in [3.63, 3.8) is 0 Å². The normalized spacial score (nSPS) is 19.6. The van der Waals surface area contributed by atoms with Crippen molar-refractivity contribution in [2.24, 2.45) is 11.8 Å². The van der Waals surface area contributed by atoms with Crippen LogP contribution in [-0.2, 0) is 4.79 Å². The molecule has 1 aromatic heterocycles. The van der Waals surface area contributed by atoms with Crippen LogP contribution in [0.2, 0.25) is 0 Å². The van der Waals surface area contributed by atoms with E-state index in [4.69, 9.17) is 0 Å². The molecular weight excluding hydrogens is 358 g/mol. The van der Waals surface area contributed by atoms with E-state index in [9.17, 15) is 19.8 Å². The van der Waals surface area contributed by atoms with Crippen LogP contribution >= 0.6 is 0 Å². The fourth-order valence-electron chi connectivity index (χ4n) is 3.77. The summed E-state index contributed by atoms with van der Waals surface area (Å²) in [5.41, 5.74) is 0.492. The second kappa shape index (κ2) is 8.04. The molecule has 0 unspecified atom stereocenters. The third-order valence-electron chi connectivity index (χ3n) is 5.37. The van der Waals surface area contributed by atoms with Crippen molar-refractivity contribution in [3.05, 3.63) is 36.0 Å². The molecule has 0 spiro atoms. The number of carboxylic acid groups (broad SMARTS) is 1. The molecule has 2 aromatic rings. The number of benzene rings is 1. The highest BCUT2D eigenvalue weighted by Gasteiger charge is 2.34. The van der Waals surface area contributed by atoms with E-state index in [0.717, 1.165) is 25.7 Å².